The second kappa shape index (κ2) is 11.0. The number of Topliss-reactive ketones (excluding diaryl/α,β-unsaturated/α-hetero) is 1. The highest BCUT2D eigenvalue weighted by Gasteiger charge is 2.19. The Morgan fingerprint density at radius 3 is 2.30 bits per heavy atom. The minimum absolute atomic E-state index is 0.103. The Balaban J connectivity index is 1.96. The van der Waals surface area contributed by atoms with Gasteiger partial charge in [-0.1, -0.05) is 32.0 Å². The number of ketones is 1. The van der Waals surface area contributed by atoms with Crippen LogP contribution in [0.25, 0.3) is 6.08 Å². The maximum Gasteiger partial charge on any atom is 0.331 e. The van der Waals surface area contributed by atoms with Crippen LogP contribution in [-0.2, 0) is 14.3 Å². The fourth-order valence-corrected chi connectivity index (χ4v) is 2.57. The smallest absolute Gasteiger partial charge is 0.331 e. The molecule has 0 saturated carbocycles. The Bertz CT molecular complexity index is 915. The molecule has 0 saturated heterocycles. The molecule has 0 aliphatic heterocycles. The number of benzene rings is 2. The minimum atomic E-state index is -0.944. The molecule has 0 bridgehead atoms. The zero-order valence-electron chi connectivity index (χ0n) is 17.7. The molecular formula is C24H27NO5. The molecule has 1 atom stereocenters. The first-order valence-corrected chi connectivity index (χ1v) is 9.87. The van der Waals surface area contributed by atoms with Crippen molar-refractivity contribution in [2.75, 3.05) is 11.9 Å². The summed E-state index contributed by atoms with van der Waals surface area (Å²) in [4.78, 5) is 36.4. The Kier molecular flexibility index (Phi) is 8.35. The highest BCUT2D eigenvalue weighted by molar-refractivity contribution is 6.01. The molecule has 2 aromatic rings. The lowest BCUT2D eigenvalue weighted by atomic mass is 10.1. The van der Waals surface area contributed by atoms with E-state index in [-0.39, 0.29) is 17.6 Å². The summed E-state index contributed by atoms with van der Waals surface area (Å²) in [7, 11) is 0. The van der Waals surface area contributed by atoms with Crippen molar-refractivity contribution in [2.45, 2.75) is 33.8 Å². The number of rotatable bonds is 9. The minimum Gasteiger partial charge on any atom is -0.493 e. The topological polar surface area (TPSA) is 81.7 Å². The van der Waals surface area contributed by atoms with Crippen molar-refractivity contribution in [1.82, 2.24) is 0 Å². The number of carbonyl (C=O) groups excluding carboxylic acids is 3. The molecule has 1 N–H and O–H groups in total. The second-order valence-corrected chi connectivity index (χ2v) is 6.97. The van der Waals surface area contributed by atoms with E-state index in [1.165, 1.54) is 13.0 Å². The van der Waals surface area contributed by atoms with E-state index in [4.69, 9.17) is 9.47 Å². The van der Waals surface area contributed by atoms with Crippen LogP contribution in [0.4, 0.5) is 5.69 Å². The molecule has 2 aromatic carbocycles. The summed E-state index contributed by atoms with van der Waals surface area (Å²) >= 11 is 0. The van der Waals surface area contributed by atoms with Gasteiger partial charge in [-0.3, -0.25) is 9.59 Å². The first kappa shape index (κ1) is 22.9. The number of hydrogen-bond donors (Lipinski definition) is 1. The lowest BCUT2D eigenvalue weighted by molar-refractivity contribution is -0.140. The normalized spacial score (nSPS) is 11.9. The number of anilines is 1. The molecule has 0 aliphatic rings. The standard InChI is InChI=1S/C24H27NO5/c1-5-29-21-9-7-6-8-18(21)12-15-22(26)30-17(4)23(27)19-10-13-20(14-11-19)25-24(28)16(2)3/h6-17H,5H2,1-4H3,(H,25,28)/b15-12+/t17-/m0/s1. The molecule has 2 rings (SSSR count). The number of para-hydroxylation sites is 1. The third-order valence-electron chi connectivity index (χ3n) is 4.24. The number of amides is 1. The molecule has 0 radical (unpaired) electrons. The van der Waals surface area contributed by atoms with Crippen LogP contribution in [0.1, 0.15) is 43.6 Å². The van der Waals surface area contributed by atoms with E-state index in [0.717, 1.165) is 5.56 Å². The summed E-state index contributed by atoms with van der Waals surface area (Å²) in [6.45, 7) is 7.52. The van der Waals surface area contributed by atoms with Crippen LogP contribution in [0.2, 0.25) is 0 Å². The predicted octanol–water partition coefficient (Wildman–Crippen LogP) is 4.51. The van der Waals surface area contributed by atoms with E-state index in [0.29, 0.717) is 23.6 Å². The number of esters is 1. The van der Waals surface area contributed by atoms with Crippen LogP contribution >= 0.6 is 0 Å². The first-order chi connectivity index (χ1) is 14.3. The van der Waals surface area contributed by atoms with Crippen molar-refractivity contribution in [1.29, 1.82) is 0 Å². The fraction of sp³-hybridized carbons (Fsp3) is 0.292. The van der Waals surface area contributed by atoms with Gasteiger partial charge in [-0.2, -0.15) is 0 Å². The van der Waals surface area contributed by atoms with Crippen molar-refractivity contribution in [3.05, 3.63) is 65.7 Å². The van der Waals surface area contributed by atoms with Crippen molar-refractivity contribution in [2.24, 2.45) is 5.92 Å². The summed E-state index contributed by atoms with van der Waals surface area (Å²) < 4.78 is 10.7. The highest BCUT2D eigenvalue weighted by Crippen LogP contribution is 2.19. The molecule has 0 aliphatic carbocycles. The van der Waals surface area contributed by atoms with Crippen LogP contribution in [0.5, 0.6) is 5.75 Å². The van der Waals surface area contributed by atoms with E-state index in [9.17, 15) is 14.4 Å². The molecule has 0 unspecified atom stereocenters. The van der Waals surface area contributed by atoms with Gasteiger partial charge in [-0.15, -0.1) is 0 Å². The summed E-state index contributed by atoms with van der Waals surface area (Å²) in [5.74, 6) is -0.526. The zero-order valence-corrected chi connectivity index (χ0v) is 17.7. The number of ether oxygens (including phenoxy) is 2. The van der Waals surface area contributed by atoms with E-state index in [2.05, 4.69) is 5.32 Å². The first-order valence-electron chi connectivity index (χ1n) is 9.87. The third-order valence-corrected chi connectivity index (χ3v) is 4.24. The Labute approximate surface area is 176 Å². The molecule has 0 spiro atoms. The molecule has 0 heterocycles. The van der Waals surface area contributed by atoms with Crippen molar-refractivity contribution >= 4 is 29.4 Å². The average Bonchev–Trinajstić information content (AvgIpc) is 2.73. The molecule has 0 aromatic heterocycles. The zero-order chi connectivity index (χ0) is 22.1. The van der Waals surface area contributed by atoms with E-state index < -0.39 is 12.1 Å². The number of carbonyl (C=O) groups is 3. The van der Waals surface area contributed by atoms with Crippen LogP contribution < -0.4 is 10.1 Å². The lowest BCUT2D eigenvalue weighted by Crippen LogP contribution is -2.23. The van der Waals surface area contributed by atoms with Gasteiger partial charge in [0.25, 0.3) is 0 Å². The largest absolute Gasteiger partial charge is 0.493 e. The van der Waals surface area contributed by atoms with Crippen LogP contribution in [-0.4, -0.2) is 30.4 Å². The van der Waals surface area contributed by atoms with Crippen molar-refractivity contribution in [3.63, 3.8) is 0 Å². The quantitative estimate of drug-likeness (QED) is 0.374. The van der Waals surface area contributed by atoms with Crippen LogP contribution in [0.3, 0.4) is 0 Å². The summed E-state index contributed by atoms with van der Waals surface area (Å²) in [6.07, 6.45) is 1.92. The lowest BCUT2D eigenvalue weighted by Gasteiger charge is -2.12. The molecular weight excluding hydrogens is 382 g/mol. The molecule has 30 heavy (non-hydrogen) atoms. The van der Waals surface area contributed by atoms with Gasteiger partial charge in [-0.25, -0.2) is 4.79 Å². The summed E-state index contributed by atoms with van der Waals surface area (Å²) in [6, 6.07) is 13.8. The van der Waals surface area contributed by atoms with Gasteiger partial charge >= 0.3 is 5.97 Å². The van der Waals surface area contributed by atoms with Gasteiger partial charge in [0.05, 0.1) is 6.61 Å². The van der Waals surface area contributed by atoms with Crippen molar-refractivity contribution in [3.8, 4) is 5.75 Å². The number of nitrogens with one attached hydrogen (secondary N) is 1. The molecule has 158 valence electrons. The van der Waals surface area contributed by atoms with Crippen LogP contribution in [0.15, 0.2) is 54.6 Å². The summed E-state index contributed by atoms with van der Waals surface area (Å²) in [5.41, 5.74) is 1.74. The van der Waals surface area contributed by atoms with Gasteiger partial charge in [0.2, 0.25) is 11.7 Å². The van der Waals surface area contributed by atoms with Gasteiger partial charge < -0.3 is 14.8 Å². The SMILES string of the molecule is CCOc1ccccc1/C=C/C(=O)O[C@@H](C)C(=O)c1ccc(NC(=O)C(C)C)cc1. The molecule has 6 heteroatoms. The number of hydrogen-bond acceptors (Lipinski definition) is 5. The van der Waals surface area contributed by atoms with Gasteiger partial charge in [0, 0.05) is 28.8 Å². The Morgan fingerprint density at radius 2 is 1.67 bits per heavy atom. The van der Waals surface area contributed by atoms with Gasteiger partial charge in [0.15, 0.2) is 6.10 Å². The second-order valence-electron chi connectivity index (χ2n) is 6.97. The monoisotopic (exact) mass is 409 g/mol. The van der Waals surface area contributed by atoms with E-state index in [1.807, 2.05) is 31.2 Å². The molecule has 0 fully saturated rings. The molecule has 6 nitrogen and oxygen atoms in total. The van der Waals surface area contributed by atoms with E-state index >= 15 is 0 Å². The Morgan fingerprint density at radius 1 is 1.00 bits per heavy atom. The fourth-order valence-electron chi connectivity index (χ4n) is 2.57. The third kappa shape index (κ3) is 6.58. The summed E-state index contributed by atoms with van der Waals surface area (Å²) in [5, 5.41) is 2.76. The van der Waals surface area contributed by atoms with Crippen molar-refractivity contribution < 1.29 is 23.9 Å². The highest BCUT2D eigenvalue weighted by atomic mass is 16.5. The predicted molar refractivity (Wildman–Crippen MR) is 116 cm³/mol. The van der Waals surface area contributed by atoms with E-state index in [1.54, 1.807) is 44.2 Å². The van der Waals surface area contributed by atoms with Gasteiger partial charge in [-0.05, 0) is 50.3 Å². The van der Waals surface area contributed by atoms with Gasteiger partial charge in [0.1, 0.15) is 5.75 Å². The maximum absolute atomic E-state index is 12.5. The average molecular weight is 409 g/mol. The Hall–Kier alpha value is -3.41. The molecule has 1 amide bonds. The van der Waals surface area contributed by atoms with Crippen LogP contribution in [0, 0.1) is 5.92 Å². The maximum atomic E-state index is 12.5.